The molecule has 0 spiro atoms. The number of hydrogen-bond donors (Lipinski definition) is 2. The van der Waals surface area contributed by atoms with Crippen LogP contribution in [-0.4, -0.2) is 34.9 Å². The molecule has 0 aliphatic heterocycles. The van der Waals surface area contributed by atoms with Crippen molar-refractivity contribution in [3.8, 4) is 5.75 Å². The highest BCUT2D eigenvalue weighted by molar-refractivity contribution is 5.81. The number of carbonyl (C=O) groups is 2. The Morgan fingerprint density at radius 1 is 1.35 bits per heavy atom. The molecule has 0 aromatic carbocycles. The zero-order chi connectivity index (χ0) is 15.3. The molecule has 0 aliphatic carbocycles. The molecule has 7 nitrogen and oxygen atoms in total. The number of carboxylic acid groups (broad SMARTS) is 1. The second-order valence-corrected chi connectivity index (χ2v) is 5.08. The van der Waals surface area contributed by atoms with Crippen LogP contribution < -0.4 is 10.1 Å². The van der Waals surface area contributed by atoms with Crippen molar-refractivity contribution in [3.05, 3.63) is 24.0 Å². The Kier molecular flexibility index (Phi) is 4.90. The minimum atomic E-state index is -1.26. The molecule has 1 atom stereocenters. The number of nitrogens with one attached hydrogen (secondary N) is 1. The summed E-state index contributed by atoms with van der Waals surface area (Å²) in [6, 6.07) is 0.232. The van der Waals surface area contributed by atoms with Gasteiger partial charge in [0.15, 0.2) is 6.04 Å². The van der Waals surface area contributed by atoms with Crippen molar-refractivity contribution in [1.29, 1.82) is 0 Å². The van der Waals surface area contributed by atoms with Crippen molar-refractivity contribution < 1.29 is 24.2 Å². The number of amides is 1. The van der Waals surface area contributed by atoms with Crippen LogP contribution in [0.2, 0.25) is 0 Å². The molecule has 2 N–H and O–H groups in total. The van der Waals surface area contributed by atoms with E-state index >= 15 is 0 Å². The highest BCUT2D eigenvalue weighted by atomic mass is 16.6. The third kappa shape index (κ3) is 4.75. The van der Waals surface area contributed by atoms with E-state index in [0.29, 0.717) is 11.3 Å². The normalized spacial score (nSPS) is 12.4. The lowest BCUT2D eigenvalue weighted by molar-refractivity contribution is -0.139. The molecule has 0 bridgehead atoms. The topological polar surface area (TPSA) is 97.8 Å². The number of aromatic nitrogens is 1. The van der Waals surface area contributed by atoms with Gasteiger partial charge in [-0.25, -0.2) is 9.59 Å². The van der Waals surface area contributed by atoms with Crippen molar-refractivity contribution in [1.82, 2.24) is 10.3 Å². The van der Waals surface area contributed by atoms with Crippen LogP contribution >= 0.6 is 0 Å². The molecule has 1 rings (SSSR count). The lowest BCUT2D eigenvalue weighted by atomic mass is 10.1. The van der Waals surface area contributed by atoms with Crippen LogP contribution in [0.25, 0.3) is 0 Å². The monoisotopic (exact) mass is 282 g/mol. The summed E-state index contributed by atoms with van der Waals surface area (Å²) in [4.78, 5) is 26.8. The minimum absolute atomic E-state index is 0.294. The fraction of sp³-hybridized carbons (Fsp3) is 0.462. The summed E-state index contributed by atoms with van der Waals surface area (Å²) < 4.78 is 10.0. The number of methoxy groups -OCH3 is 1. The molecule has 0 radical (unpaired) electrons. The molecule has 1 heterocycles. The molecule has 7 heteroatoms. The largest absolute Gasteiger partial charge is 0.495 e. The van der Waals surface area contributed by atoms with Crippen LogP contribution in [0.3, 0.4) is 0 Å². The van der Waals surface area contributed by atoms with Crippen molar-refractivity contribution in [2.75, 3.05) is 7.11 Å². The molecule has 20 heavy (non-hydrogen) atoms. The molecule has 0 saturated heterocycles. The summed E-state index contributed by atoms with van der Waals surface area (Å²) in [6.07, 6.45) is 1.97. The van der Waals surface area contributed by atoms with Gasteiger partial charge in [-0.15, -0.1) is 0 Å². The Morgan fingerprint density at radius 2 is 2.00 bits per heavy atom. The average molecular weight is 282 g/mol. The summed E-state index contributed by atoms with van der Waals surface area (Å²) in [5.74, 6) is -0.814. The number of carbonyl (C=O) groups excluding carboxylic acids is 1. The van der Waals surface area contributed by atoms with Gasteiger partial charge in [-0.05, 0) is 26.8 Å². The van der Waals surface area contributed by atoms with Gasteiger partial charge in [0.1, 0.15) is 11.4 Å². The fourth-order valence-corrected chi connectivity index (χ4v) is 1.42. The standard InChI is InChI=1S/C13H18N2O5/c1-13(2,3)20-12(18)15-10(11(16)17)8-5-9(19-4)7-14-6-8/h5-7,10H,1-4H3,(H,15,18)(H,16,17). The minimum Gasteiger partial charge on any atom is -0.495 e. The fourth-order valence-electron chi connectivity index (χ4n) is 1.42. The van der Waals surface area contributed by atoms with Gasteiger partial charge in [-0.1, -0.05) is 0 Å². The number of nitrogens with zero attached hydrogens (tertiary/aromatic N) is 1. The smallest absolute Gasteiger partial charge is 0.408 e. The zero-order valence-electron chi connectivity index (χ0n) is 11.8. The van der Waals surface area contributed by atoms with Gasteiger partial charge in [0.05, 0.1) is 13.3 Å². The molecular formula is C13H18N2O5. The van der Waals surface area contributed by atoms with Crippen LogP contribution in [0.1, 0.15) is 32.4 Å². The first-order valence-corrected chi connectivity index (χ1v) is 5.94. The molecule has 1 unspecified atom stereocenters. The number of aliphatic carboxylic acids is 1. The molecule has 1 aromatic rings. The van der Waals surface area contributed by atoms with E-state index in [9.17, 15) is 14.7 Å². The first-order valence-electron chi connectivity index (χ1n) is 5.94. The molecule has 0 aliphatic rings. The molecule has 1 amide bonds. The first-order chi connectivity index (χ1) is 9.23. The van der Waals surface area contributed by atoms with E-state index in [-0.39, 0.29) is 0 Å². The summed E-state index contributed by atoms with van der Waals surface area (Å²) >= 11 is 0. The third-order valence-electron chi connectivity index (χ3n) is 2.21. The number of pyridine rings is 1. The van der Waals surface area contributed by atoms with Crippen molar-refractivity contribution >= 4 is 12.1 Å². The molecule has 1 aromatic heterocycles. The predicted octanol–water partition coefficient (Wildman–Crippen LogP) is 1.74. The van der Waals surface area contributed by atoms with E-state index in [0.717, 1.165) is 0 Å². The average Bonchev–Trinajstić information content (AvgIpc) is 2.33. The van der Waals surface area contributed by atoms with E-state index in [1.807, 2.05) is 0 Å². The van der Waals surface area contributed by atoms with E-state index in [2.05, 4.69) is 10.3 Å². The number of hydrogen-bond acceptors (Lipinski definition) is 5. The predicted molar refractivity (Wildman–Crippen MR) is 70.5 cm³/mol. The van der Waals surface area contributed by atoms with Gasteiger partial charge in [0, 0.05) is 11.8 Å². The van der Waals surface area contributed by atoms with Crippen molar-refractivity contribution in [2.45, 2.75) is 32.4 Å². The molecule has 0 saturated carbocycles. The van der Waals surface area contributed by atoms with E-state index in [1.165, 1.54) is 25.6 Å². The second-order valence-electron chi connectivity index (χ2n) is 5.08. The Bertz CT molecular complexity index is 496. The van der Waals surface area contributed by atoms with Gasteiger partial charge >= 0.3 is 12.1 Å². The second kappa shape index (κ2) is 6.23. The van der Waals surface area contributed by atoms with Crippen molar-refractivity contribution in [2.24, 2.45) is 0 Å². The number of rotatable bonds is 4. The Labute approximate surface area is 116 Å². The van der Waals surface area contributed by atoms with E-state index in [4.69, 9.17) is 9.47 Å². The van der Waals surface area contributed by atoms with Gasteiger partial charge in [0.25, 0.3) is 0 Å². The third-order valence-corrected chi connectivity index (χ3v) is 2.21. The number of carboxylic acids is 1. The number of alkyl carbamates (subject to hydrolysis) is 1. The summed E-state index contributed by atoms with van der Waals surface area (Å²) in [5.41, 5.74) is -0.414. The van der Waals surface area contributed by atoms with Crippen LogP contribution in [0.15, 0.2) is 18.5 Å². The van der Waals surface area contributed by atoms with Gasteiger partial charge in [0.2, 0.25) is 0 Å². The Balaban J connectivity index is 2.89. The SMILES string of the molecule is COc1cncc(C(NC(=O)OC(C)(C)C)C(=O)O)c1. The van der Waals surface area contributed by atoms with Crippen molar-refractivity contribution in [3.63, 3.8) is 0 Å². The summed E-state index contributed by atoms with van der Waals surface area (Å²) in [6.45, 7) is 5.07. The molecule has 110 valence electrons. The highest BCUT2D eigenvalue weighted by Gasteiger charge is 2.26. The van der Waals surface area contributed by atoms with E-state index in [1.54, 1.807) is 20.8 Å². The van der Waals surface area contributed by atoms with Gasteiger partial charge < -0.3 is 19.9 Å². The maximum absolute atomic E-state index is 11.7. The Morgan fingerprint density at radius 3 is 2.50 bits per heavy atom. The van der Waals surface area contributed by atoms with Crippen LogP contribution in [0, 0.1) is 0 Å². The first kappa shape index (κ1) is 15.7. The zero-order valence-corrected chi connectivity index (χ0v) is 11.8. The number of ether oxygens (including phenoxy) is 2. The van der Waals surface area contributed by atoms with Gasteiger partial charge in [-0.3, -0.25) is 4.98 Å². The summed E-state index contributed by atoms with van der Waals surface area (Å²) in [7, 11) is 1.44. The maximum Gasteiger partial charge on any atom is 0.408 e. The lowest BCUT2D eigenvalue weighted by Crippen LogP contribution is -2.38. The Hall–Kier alpha value is -2.31. The maximum atomic E-state index is 11.7. The summed E-state index contributed by atoms with van der Waals surface area (Å²) in [5, 5.41) is 11.5. The van der Waals surface area contributed by atoms with Crippen LogP contribution in [-0.2, 0) is 9.53 Å². The quantitative estimate of drug-likeness (QED) is 0.873. The molecule has 0 fully saturated rings. The van der Waals surface area contributed by atoms with Gasteiger partial charge in [-0.2, -0.15) is 0 Å². The van der Waals surface area contributed by atoms with Crippen LogP contribution in [0.5, 0.6) is 5.75 Å². The van der Waals surface area contributed by atoms with E-state index < -0.39 is 23.7 Å². The van der Waals surface area contributed by atoms with Crippen LogP contribution in [0.4, 0.5) is 4.79 Å². The lowest BCUT2D eigenvalue weighted by Gasteiger charge is -2.22. The molecular weight excluding hydrogens is 264 g/mol. The highest BCUT2D eigenvalue weighted by Crippen LogP contribution is 2.18.